The lowest BCUT2D eigenvalue weighted by atomic mass is 9.62. The Kier molecular flexibility index (Phi) is 14.9. The van der Waals surface area contributed by atoms with E-state index in [1.54, 1.807) is 7.11 Å². The predicted octanol–water partition coefficient (Wildman–Crippen LogP) is 10.4. The lowest BCUT2D eigenvalue weighted by Crippen LogP contribution is -2.65. The molecule has 4 heterocycles. The van der Waals surface area contributed by atoms with E-state index in [1.165, 1.54) is 0 Å². The second-order valence-electron chi connectivity index (χ2n) is 19.7. The standard InChI is InChI=1S/C63H62O11/c1-64-62-59(68-38-45-27-13-5-14-28-45)57(67-37-44-25-11-4-12-26-44)54(51(72-62)39-65-35-42-21-7-2-8-22-42)73-53-47-31-17-19-33-49(47)63(50-34-20-18-32-48(50)53)41-70-58-56(66-36-43-23-9-3-10-24-43)55-52(71-60(58)63)40-69-61(74-55)46-29-15-6-16-30-46/h2-34,51-62H,35-41H2,1H3/t51-,52-,53?,54-,55-,56+,57+,58-,59-,60+,61-,62+,63?/m1/s1. The van der Waals surface area contributed by atoms with E-state index in [2.05, 4.69) is 84.9 Å². The van der Waals surface area contributed by atoms with E-state index in [0.717, 1.165) is 50.1 Å². The number of ether oxygens (including phenoxy) is 11. The van der Waals surface area contributed by atoms with Gasteiger partial charge in [-0.3, -0.25) is 0 Å². The maximum Gasteiger partial charge on any atom is 0.186 e. The van der Waals surface area contributed by atoms with Gasteiger partial charge in [-0.2, -0.15) is 0 Å². The third-order valence-corrected chi connectivity index (χ3v) is 15.2. The molecule has 0 aromatic heterocycles. The summed E-state index contributed by atoms with van der Waals surface area (Å²) in [6.07, 6.45) is -7.04. The molecule has 4 fully saturated rings. The van der Waals surface area contributed by atoms with Crippen LogP contribution in [0.2, 0.25) is 0 Å². The first-order valence-electron chi connectivity index (χ1n) is 25.8. The van der Waals surface area contributed by atoms with Gasteiger partial charge >= 0.3 is 0 Å². The summed E-state index contributed by atoms with van der Waals surface area (Å²) in [5.74, 6) is 0. The highest BCUT2D eigenvalue weighted by atomic mass is 16.7. The van der Waals surface area contributed by atoms with E-state index >= 15 is 0 Å². The Bertz CT molecular complexity index is 2830. The Morgan fingerprint density at radius 2 is 0.973 bits per heavy atom. The molecule has 11 nitrogen and oxygen atoms in total. The molecule has 11 heteroatoms. The minimum atomic E-state index is -0.800. The summed E-state index contributed by atoms with van der Waals surface area (Å²) in [5, 5.41) is 0. The maximum absolute atomic E-state index is 7.75. The summed E-state index contributed by atoms with van der Waals surface area (Å²) >= 11 is 0. The molecule has 0 N–H and O–H groups in total. The molecule has 7 aromatic carbocycles. The summed E-state index contributed by atoms with van der Waals surface area (Å²) in [5.41, 5.74) is 8.40. The van der Waals surface area contributed by atoms with Crippen LogP contribution in [-0.4, -0.2) is 88.2 Å². The van der Waals surface area contributed by atoms with Crippen molar-refractivity contribution < 1.29 is 52.1 Å². The quantitative estimate of drug-likeness (QED) is 0.0872. The first kappa shape index (κ1) is 49.0. The van der Waals surface area contributed by atoms with Crippen LogP contribution in [0.5, 0.6) is 0 Å². The zero-order valence-corrected chi connectivity index (χ0v) is 41.4. The van der Waals surface area contributed by atoms with Crippen LogP contribution in [0.25, 0.3) is 0 Å². The van der Waals surface area contributed by atoms with Crippen molar-refractivity contribution in [3.05, 3.63) is 250 Å². The minimum absolute atomic E-state index is 0.198. The van der Waals surface area contributed by atoms with Crippen molar-refractivity contribution in [2.24, 2.45) is 0 Å². The van der Waals surface area contributed by atoms with E-state index < -0.39 is 79.0 Å². The van der Waals surface area contributed by atoms with Crippen molar-refractivity contribution in [2.75, 3.05) is 26.9 Å². The summed E-state index contributed by atoms with van der Waals surface area (Å²) in [7, 11) is 1.64. The van der Waals surface area contributed by atoms with Gasteiger partial charge in [-0.1, -0.05) is 200 Å². The van der Waals surface area contributed by atoms with Gasteiger partial charge in [0, 0.05) is 12.7 Å². The monoisotopic (exact) mass is 994 g/mol. The smallest absolute Gasteiger partial charge is 0.186 e. The third kappa shape index (κ3) is 9.91. The lowest BCUT2D eigenvalue weighted by Gasteiger charge is -2.52. The Hall–Kier alpha value is -5.90. The molecule has 11 atom stereocenters. The number of methoxy groups -OCH3 is 1. The Morgan fingerprint density at radius 1 is 0.473 bits per heavy atom. The van der Waals surface area contributed by atoms with Crippen molar-refractivity contribution in [1.82, 2.24) is 0 Å². The van der Waals surface area contributed by atoms with Gasteiger partial charge in [-0.05, 0) is 44.5 Å². The van der Waals surface area contributed by atoms with Crippen molar-refractivity contribution in [3.63, 3.8) is 0 Å². The van der Waals surface area contributed by atoms with Gasteiger partial charge in [0.25, 0.3) is 0 Å². The Balaban J connectivity index is 0.914. The molecule has 0 bridgehead atoms. The molecule has 0 amide bonds. The van der Waals surface area contributed by atoms with E-state index in [9.17, 15) is 0 Å². The fraction of sp³-hybridized carbons (Fsp3) is 0.333. The summed E-state index contributed by atoms with van der Waals surface area (Å²) in [4.78, 5) is 0. The highest BCUT2D eigenvalue weighted by Gasteiger charge is 2.65. The predicted molar refractivity (Wildman–Crippen MR) is 276 cm³/mol. The van der Waals surface area contributed by atoms with Crippen molar-refractivity contribution in [1.29, 1.82) is 0 Å². The van der Waals surface area contributed by atoms with Crippen LogP contribution in [0.1, 0.15) is 62.5 Å². The second-order valence-corrected chi connectivity index (χ2v) is 19.7. The van der Waals surface area contributed by atoms with Gasteiger partial charge in [0.05, 0.1) is 51.7 Å². The molecular weight excluding hydrogens is 933 g/mol. The zero-order valence-electron chi connectivity index (χ0n) is 41.4. The molecule has 380 valence electrons. The molecule has 0 radical (unpaired) electrons. The van der Waals surface area contributed by atoms with Gasteiger partial charge in [-0.25, -0.2) is 0 Å². The average Bonchev–Trinajstić information content (AvgIpc) is 3.87. The van der Waals surface area contributed by atoms with Gasteiger partial charge in [0.1, 0.15) is 61.0 Å². The third-order valence-electron chi connectivity index (χ3n) is 15.2. The Morgan fingerprint density at radius 3 is 1.54 bits per heavy atom. The molecule has 0 saturated carbocycles. The van der Waals surface area contributed by atoms with Crippen LogP contribution >= 0.6 is 0 Å². The number of hydrogen-bond donors (Lipinski definition) is 0. The van der Waals surface area contributed by atoms with Crippen molar-refractivity contribution in [2.45, 2.75) is 105 Å². The van der Waals surface area contributed by atoms with E-state index in [4.69, 9.17) is 52.1 Å². The van der Waals surface area contributed by atoms with Crippen LogP contribution < -0.4 is 0 Å². The molecule has 1 aliphatic carbocycles. The molecule has 0 unspecified atom stereocenters. The highest BCUT2D eigenvalue weighted by Crippen LogP contribution is 2.57. The Labute approximate surface area is 433 Å². The summed E-state index contributed by atoms with van der Waals surface area (Å²) in [6, 6.07) is 67.8. The normalized spacial score (nSPS) is 30.0. The zero-order chi connectivity index (χ0) is 49.7. The van der Waals surface area contributed by atoms with Crippen LogP contribution in [0, 0.1) is 0 Å². The van der Waals surface area contributed by atoms with Gasteiger partial charge in [0.2, 0.25) is 0 Å². The number of hydrogen-bond acceptors (Lipinski definition) is 11. The highest BCUT2D eigenvalue weighted by molar-refractivity contribution is 5.58. The summed E-state index contributed by atoms with van der Waals surface area (Å²) < 4.78 is 76.2. The van der Waals surface area contributed by atoms with Crippen LogP contribution in [0.4, 0.5) is 0 Å². The molecule has 4 saturated heterocycles. The van der Waals surface area contributed by atoms with E-state index in [0.29, 0.717) is 39.6 Å². The van der Waals surface area contributed by atoms with E-state index in [-0.39, 0.29) is 6.61 Å². The molecule has 7 aromatic rings. The number of rotatable bonds is 17. The lowest BCUT2D eigenvalue weighted by molar-refractivity contribution is -0.331. The minimum Gasteiger partial charge on any atom is -0.374 e. The SMILES string of the molecule is CO[C@H]1O[C@H](COCc2ccccc2)[C@@H](OC2c3ccccc3C3(CO[C@@H]4[C@@H](OCc5ccccc5)[C@@H]5O[C@H](c6ccccc6)OC[C@H]5O[C@@H]43)c3ccccc32)[C@H](OCc2ccccc2)[C@H]1OCc1ccccc1. The van der Waals surface area contributed by atoms with Crippen LogP contribution in [0.15, 0.2) is 200 Å². The second kappa shape index (κ2) is 22.5. The average molecular weight is 995 g/mol. The molecule has 12 rings (SSSR count). The largest absolute Gasteiger partial charge is 0.374 e. The molecule has 74 heavy (non-hydrogen) atoms. The number of benzene rings is 7. The summed E-state index contributed by atoms with van der Waals surface area (Å²) in [6.45, 7) is 2.23. The van der Waals surface area contributed by atoms with Gasteiger partial charge in [-0.15, -0.1) is 0 Å². The van der Waals surface area contributed by atoms with Gasteiger partial charge in [0.15, 0.2) is 12.6 Å². The van der Waals surface area contributed by atoms with Crippen LogP contribution in [0.3, 0.4) is 0 Å². The molecule has 5 aliphatic rings. The van der Waals surface area contributed by atoms with Crippen molar-refractivity contribution >= 4 is 0 Å². The first-order chi connectivity index (χ1) is 36.6. The number of fused-ring (bicyclic) bond motifs is 7. The first-order valence-corrected chi connectivity index (χ1v) is 25.8. The fourth-order valence-corrected chi connectivity index (χ4v) is 11.7. The molecule has 4 aliphatic heterocycles. The fourth-order valence-electron chi connectivity index (χ4n) is 11.7. The van der Waals surface area contributed by atoms with Crippen LogP contribution in [-0.2, 0) is 83.9 Å². The van der Waals surface area contributed by atoms with Crippen molar-refractivity contribution in [3.8, 4) is 0 Å². The van der Waals surface area contributed by atoms with Gasteiger partial charge < -0.3 is 52.1 Å². The maximum atomic E-state index is 7.75. The topological polar surface area (TPSA) is 102 Å². The molecule has 1 spiro atoms. The van der Waals surface area contributed by atoms with E-state index in [1.807, 2.05) is 115 Å². The molecular formula is C63H62O11.